The second-order valence-corrected chi connectivity index (χ2v) is 6.45. The van der Waals surface area contributed by atoms with Crippen molar-refractivity contribution < 1.29 is 5.11 Å². The highest BCUT2D eigenvalue weighted by molar-refractivity contribution is 14.1. The van der Waals surface area contributed by atoms with E-state index in [-0.39, 0.29) is 18.4 Å². The van der Waals surface area contributed by atoms with Gasteiger partial charge in [0.05, 0.1) is 3.57 Å². The molecule has 0 saturated heterocycles. The fourth-order valence-corrected chi connectivity index (χ4v) is 3.78. The van der Waals surface area contributed by atoms with Crippen LogP contribution in [0.5, 0.6) is 5.75 Å². The summed E-state index contributed by atoms with van der Waals surface area (Å²) in [6.07, 6.45) is 3.67. The Balaban J connectivity index is 0.00000128. The summed E-state index contributed by atoms with van der Waals surface area (Å²) in [5.74, 6) is 0.931. The van der Waals surface area contributed by atoms with Gasteiger partial charge in [-0.15, -0.1) is 12.4 Å². The molecule has 1 aromatic carbocycles. The Hall–Kier alpha value is 0.730. The van der Waals surface area contributed by atoms with Crippen LogP contribution in [-0.4, -0.2) is 5.11 Å². The monoisotopic (exact) mass is 465 g/mol. The van der Waals surface area contributed by atoms with Crippen molar-refractivity contribution in [3.05, 3.63) is 24.8 Å². The van der Waals surface area contributed by atoms with Crippen molar-refractivity contribution in [2.24, 2.45) is 11.7 Å². The van der Waals surface area contributed by atoms with Crippen LogP contribution in [0.15, 0.2) is 12.1 Å². The van der Waals surface area contributed by atoms with Crippen LogP contribution in [0.2, 0.25) is 0 Å². The fourth-order valence-electron chi connectivity index (χ4n) is 1.89. The molecule has 1 atom stereocenters. The van der Waals surface area contributed by atoms with E-state index in [0.717, 1.165) is 12.7 Å². The van der Waals surface area contributed by atoms with Gasteiger partial charge in [0.25, 0.3) is 0 Å². The maximum Gasteiger partial charge on any atom is 0.133 e. The average Bonchev–Trinajstić information content (AvgIpc) is 2.08. The molecule has 1 aromatic rings. The lowest BCUT2D eigenvalue weighted by atomic mass is 9.77. The minimum absolute atomic E-state index is 0. The fraction of sp³-hybridized carbons (Fsp3) is 0.455. The summed E-state index contributed by atoms with van der Waals surface area (Å²) in [6.45, 7) is 0. The molecule has 90 valence electrons. The van der Waals surface area contributed by atoms with E-state index < -0.39 is 0 Å². The third-order valence-corrected chi connectivity index (χ3v) is 4.52. The van der Waals surface area contributed by atoms with Gasteiger partial charge in [0.2, 0.25) is 0 Å². The zero-order chi connectivity index (χ0) is 11.0. The zero-order valence-corrected chi connectivity index (χ0v) is 13.8. The van der Waals surface area contributed by atoms with Crippen molar-refractivity contribution in [3.63, 3.8) is 0 Å². The van der Waals surface area contributed by atoms with Gasteiger partial charge >= 0.3 is 0 Å². The quantitative estimate of drug-likeness (QED) is 0.653. The summed E-state index contributed by atoms with van der Waals surface area (Å²) >= 11 is 4.42. The van der Waals surface area contributed by atoms with Gasteiger partial charge in [0.15, 0.2) is 0 Å². The van der Waals surface area contributed by atoms with Crippen molar-refractivity contribution in [1.82, 2.24) is 0 Å². The Morgan fingerprint density at radius 1 is 1.31 bits per heavy atom. The van der Waals surface area contributed by atoms with Gasteiger partial charge < -0.3 is 10.8 Å². The summed E-state index contributed by atoms with van der Waals surface area (Å²) in [6, 6.07) is 3.97. The Morgan fingerprint density at radius 3 is 2.44 bits per heavy atom. The van der Waals surface area contributed by atoms with E-state index in [0.29, 0.717) is 11.7 Å². The summed E-state index contributed by atoms with van der Waals surface area (Å²) in [5.41, 5.74) is 7.09. The van der Waals surface area contributed by atoms with Crippen LogP contribution in [0.3, 0.4) is 0 Å². The predicted octanol–water partition coefficient (Wildman–Crippen LogP) is 3.82. The molecule has 0 heterocycles. The van der Waals surface area contributed by atoms with E-state index in [2.05, 4.69) is 45.2 Å². The summed E-state index contributed by atoms with van der Waals surface area (Å²) < 4.78 is 2.03. The molecule has 0 amide bonds. The van der Waals surface area contributed by atoms with E-state index in [1.54, 1.807) is 0 Å². The smallest absolute Gasteiger partial charge is 0.133 e. The molecule has 0 spiro atoms. The van der Waals surface area contributed by atoms with Gasteiger partial charge in [-0.25, -0.2) is 0 Å². The first-order valence-corrected chi connectivity index (χ1v) is 7.19. The second-order valence-electron chi connectivity index (χ2n) is 4.04. The summed E-state index contributed by atoms with van der Waals surface area (Å²) in [7, 11) is 0. The molecule has 0 unspecified atom stereocenters. The van der Waals surface area contributed by atoms with Crippen molar-refractivity contribution in [1.29, 1.82) is 0 Å². The maximum atomic E-state index is 9.97. The lowest BCUT2D eigenvalue weighted by Gasteiger charge is -2.32. The summed E-state index contributed by atoms with van der Waals surface area (Å²) in [4.78, 5) is 0. The minimum atomic E-state index is 0. The van der Waals surface area contributed by atoms with E-state index in [9.17, 15) is 5.11 Å². The molecular weight excluding hydrogens is 451 g/mol. The van der Waals surface area contributed by atoms with Crippen LogP contribution >= 0.6 is 57.6 Å². The Morgan fingerprint density at radius 2 is 1.94 bits per heavy atom. The lowest BCUT2D eigenvalue weighted by Crippen LogP contribution is -2.27. The average molecular weight is 466 g/mol. The molecule has 1 fully saturated rings. The highest BCUT2D eigenvalue weighted by Crippen LogP contribution is 2.40. The van der Waals surface area contributed by atoms with E-state index in [1.807, 2.05) is 12.1 Å². The largest absolute Gasteiger partial charge is 0.506 e. The van der Waals surface area contributed by atoms with Gasteiger partial charge in [-0.2, -0.15) is 0 Å². The normalized spacial score (nSPS) is 17.4. The highest BCUT2D eigenvalue weighted by Gasteiger charge is 2.27. The molecule has 2 rings (SSSR count). The van der Waals surface area contributed by atoms with Crippen LogP contribution in [0.25, 0.3) is 0 Å². The van der Waals surface area contributed by atoms with Crippen molar-refractivity contribution in [2.45, 2.75) is 25.3 Å². The van der Waals surface area contributed by atoms with Crippen molar-refractivity contribution in [2.75, 3.05) is 0 Å². The molecule has 0 aliphatic heterocycles. The molecule has 0 radical (unpaired) electrons. The molecule has 0 bridgehead atoms. The second kappa shape index (κ2) is 6.06. The van der Waals surface area contributed by atoms with Gasteiger partial charge in [0.1, 0.15) is 5.75 Å². The number of nitrogens with two attached hydrogens (primary N) is 1. The first kappa shape index (κ1) is 14.8. The van der Waals surface area contributed by atoms with Crippen LogP contribution in [0, 0.1) is 13.1 Å². The number of hydrogen-bond acceptors (Lipinski definition) is 2. The van der Waals surface area contributed by atoms with E-state index >= 15 is 0 Å². The molecule has 2 nitrogen and oxygen atoms in total. The molecule has 3 N–H and O–H groups in total. The first-order valence-electron chi connectivity index (χ1n) is 5.03. The predicted molar refractivity (Wildman–Crippen MR) is 85.1 cm³/mol. The number of phenols is 1. The maximum absolute atomic E-state index is 9.97. The molecule has 1 aliphatic carbocycles. The number of aromatic hydroxyl groups is 1. The van der Waals surface area contributed by atoms with Gasteiger partial charge in [-0.1, -0.05) is 6.42 Å². The number of rotatable bonds is 2. The highest BCUT2D eigenvalue weighted by atomic mass is 127. The summed E-state index contributed by atoms with van der Waals surface area (Å²) in [5, 5.41) is 9.97. The van der Waals surface area contributed by atoms with Crippen LogP contribution in [0.4, 0.5) is 0 Å². The molecule has 1 aliphatic rings. The third-order valence-electron chi connectivity index (χ3n) is 3.07. The molecule has 16 heavy (non-hydrogen) atoms. The topological polar surface area (TPSA) is 46.2 Å². The SMILES string of the molecule is Cl.N[C@@H](c1cc(I)cc(I)c1O)C1CCC1. The van der Waals surface area contributed by atoms with Crippen LogP contribution in [0.1, 0.15) is 30.9 Å². The van der Waals surface area contributed by atoms with Gasteiger partial charge in [0, 0.05) is 15.2 Å². The van der Waals surface area contributed by atoms with Crippen molar-refractivity contribution >= 4 is 57.6 Å². The third kappa shape index (κ3) is 2.94. The van der Waals surface area contributed by atoms with E-state index in [1.165, 1.54) is 19.3 Å². The van der Waals surface area contributed by atoms with E-state index in [4.69, 9.17) is 5.73 Å². The molecule has 0 aromatic heterocycles. The van der Waals surface area contributed by atoms with Crippen LogP contribution < -0.4 is 5.73 Å². The zero-order valence-electron chi connectivity index (χ0n) is 8.62. The lowest BCUT2D eigenvalue weighted by molar-refractivity contribution is 0.260. The van der Waals surface area contributed by atoms with Gasteiger partial charge in [-0.3, -0.25) is 0 Å². The Labute approximate surface area is 129 Å². The Kier molecular flexibility index (Phi) is 5.60. The van der Waals surface area contributed by atoms with Gasteiger partial charge in [-0.05, 0) is 76.1 Å². The number of hydrogen-bond donors (Lipinski definition) is 2. The minimum Gasteiger partial charge on any atom is -0.506 e. The number of benzene rings is 1. The van der Waals surface area contributed by atoms with Crippen LogP contribution in [-0.2, 0) is 0 Å². The molecular formula is C11H14ClI2NO. The number of phenolic OH excluding ortho intramolecular Hbond substituents is 1. The molecule has 5 heteroatoms. The first-order chi connectivity index (χ1) is 7.09. The number of halogens is 3. The van der Waals surface area contributed by atoms with Crippen molar-refractivity contribution in [3.8, 4) is 5.75 Å². The Bertz CT molecular complexity index is 382. The standard InChI is InChI=1S/C11H13I2NO.ClH/c12-7-4-8(11(15)9(13)5-7)10(14)6-2-1-3-6;/h4-6,10,15H,1-3,14H2;1H/t10-;/m1./s1. The molecule has 1 saturated carbocycles.